The second-order valence-electron chi connectivity index (χ2n) is 5.51. The molecule has 0 fully saturated rings. The van der Waals surface area contributed by atoms with Gasteiger partial charge in [0.25, 0.3) is 5.91 Å². The number of halogens is 1. The summed E-state index contributed by atoms with van der Waals surface area (Å²) in [5.74, 6) is 1.25. The van der Waals surface area contributed by atoms with Crippen molar-refractivity contribution >= 4 is 39.4 Å². The Labute approximate surface area is 147 Å². The molecule has 1 amide bonds. The van der Waals surface area contributed by atoms with E-state index < -0.39 is 0 Å². The van der Waals surface area contributed by atoms with Crippen molar-refractivity contribution < 1.29 is 4.79 Å². The number of aromatic nitrogens is 2. The van der Waals surface area contributed by atoms with Gasteiger partial charge in [-0.05, 0) is 49.6 Å². The van der Waals surface area contributed by atoms with Crippen LogP contribution < -0.4 is 5.32 Å². The summed E-state index contributed by atoms with van der Waals surface area (Å²) in [5, 5.41) is 12.1. The predicted molar refractivity (Wildman–Crippen MR) is 96.4 cm³/mol. The fourth-order valence-electron chi connectivity index (χ4n) is 2.28. The topological polar surface area (TPSA) is 54.9 Å². The molecule has 118 valence electrons. The summed E-state index contributed by atoms with van der Waals surface area (Å²) in [5.41, 5.74) is 4.15. The molecule has 0 saturated carbocycles. The standard InChI is InChI=1S/C17H16BrN3OS/c1-10-7-13-8-15(19-16(22)11(10)2)20-21-17(13)23-9-12-3-5-14(18)6-4-12/h3-6,8H,7,9H2,1-2H3,(H,19,20,22)/b11-10-. The molecule has 1 N–H and O–H groups in total. The molecule has 23 heavy (non-hydrogen) atoms. The second kappa shape index (κ2) is 6.84. The fourth-order valence-corrected chi connectivity index (χ4v) is 3.46. The Morgan fingerprint density at radius 3 is 2.70 bits per heavy atom. The molecular formula is C17H16BrN3OS. The predicted octanol–water partition coefficient (Wildman–Crippen LogP) is 4.36. The van der Waals surface area contributed by atoms with E-state index >= 15 is 0 Å². The molecule has 1 aromatic heterocycles. The summed E-state index contributed by atoms with van der Waals surface area (Å²) in [6, 6.07) is 10.2. The minimum absolute atomic E-state index is 0.0993. The summed E-state index contributed by atoms with van der Waals surface area (Å²) in [7, 11) is 0. The van der Waals surface area contributed by atoms with Crippen LogP contribution in [0.25, 0.3) is 0 Å². The van der Waals surface area contributed by atoms with Crippen LogP contribution in [0.2, 0.25) is 0 Å². The van der Waals surface area contributed by atoms with Gasteiger partial charge in [-0.2, -0.15) is 0 Å². The first-order chi connectivity index (χ1) is 11.0. The van der Waals surface area contributed by atoms with Crippen molar-refractivity contribution in [3.63, 3.8) is 0 Å². The number of benzene rings is 1. The Bertz CT molecular complexity index is 787. The van der Waals surface area contributed by atoms with Crippen molar-refractivity contribution in [1.29, 1.82) is 0 Å². The maximum atomic E-state index is 12.0. The first kappa shape index (κ1) is 16.2. The molecule has 1 aromatic carbocycles. The number of rotatable bonds is 3. The molecule has 2 aromatic rings. The van der Waals surface area contributed by atoms with Gasteiger partial charge in [0, 0.05) is 15.8 Å². The average molecular weight is 390 g/mol. The lowest BCUT2D eigenvalue weighted by Crippen LogP contribution is -2.18. The third-order valence-electron chi connectivity index (χ3n) is 3.80. The van der Waals surface area contributed by atoms with Gasteiger partial charge in [0.1, 0.15) is 5.03 Å². The highest BCUT2D eigenvalue weighted by Crippen LogP contribution is 2.29. The zero-order valence-corrected chi connectivity index (χ0v) is 15.3. The highest BCUT2D eigenvalue weighted by atomic mass is 79.9. The van der Waals surface area contributed by atoms with E-state index in [0.29, 0.717) is 5.82 Å². The molecule has 6 heteroatoms. The highest BCUT2D eigenvalue weighted by Gasteiger charge is 2.17. The van der Waals surface area contributed by atoms with Crippen molar-refractivity contribution in [3.05, 3.63) is 57.1 Å². The maximum absolute atomic E-state index is 12.0. The molecule has 1 aliphatic heterocycles. The van der Waals surface area contributed by atoms with Crippen molar-refractivity contribution in [1.82, 2.24) is 10.2 Å². The van der Waals surface area contributed by atoms with Gasteiger partial charge in [0.15, 0.2) is 5.82 Å². The van der Waals surface area contributed by atoms with Gasteiger partial charge in [-0.3, -0.25) is 4.79 Å². The lowest BCUT2D eigenvalue weighted by atomic mass is 10.0. The monoisotopic (exact) mass is 389 g/mol. The molecule has 4 nitrogen and oxygen atoms in total. The van der Waals surface area contributed by atoms with Crippen LogP contribution >= 0.6 is 27.7 Å². The van der Waals surface area contributed by atoms with Crippen LogP contribution in [0.15, 0.2) is 51.0 Å². The smallest absolute Gasteiger partial charge is 0.252 e. The van der Waals surface area contributed by atoms with E-state index in [-0.39, 0.29) is 5.91 Å². The van der Waals surface area contributed by atoms with Gasteiger partial charge in [0.2, 0.25) is 0 Å². The molecular weight excluding hydrogens is 374 g/mol. The molecule has 3 rings (SSSR count). The van der Waals surface area contributed by atoms with Crippen LogP contribution in [0.5, 0.6) is 0 Å². The first-order valence-corrected chi connectivity index (χ1v) is 9.02. The van der Waals surface area contributed by atoms with E-state index in [4.69, 9.17) is 0 Å². The van der Waals surface area contributed by atoms with Crippen molar-refractivity contribution in [3.8, 4) is 0 Å². The van der Waals surface area contributed by atoms with Gasteiger partial charge in [-0.25, -0.2) is 0 Å². The average Bonchev–Trinajstić information content (AvgIpc) is 2.54. The Morgan fingerprint density at radius 1 is 1.22 bits per heavy atom. The number of carbonyl (C=O) groups excluding carboxylic acids is 1. The van der Waals surface area contributed by atoms with E-state index in [2.05, 4.69) is 43.6 Å². The normalized spacial score (nSPS) is 17.4. The number of carbonyl (C=O) groups is 1. The van der Waals surface area contributed by atoms with Crippen LogP contribution in [0.3, 0.4) is 0 Å². The summed E-state index contributed by atoms with van der Waals surface area (Å²) >= 11 is 5.11. The first-order valence-electron chi connectivity index (χ1n) is 7.24. The quantitative estimate of drug-likeness (QED) is 0.792. The van der Waals surface area contributed by atoms with E-state index in [0.717, 1.165) is 38.4 Å². The van der Waals surface area contributed by atoms with Gasteiger partial charge in [-0.1, -0.05) is 45.4 Å². The van der Waals surface area contributed by atoms with Crippen molar-refractivity contribution in [2.75, 3.05) is 5.32 Å². The number of amides is 1. The number of hydrogen-bond donors (Lipinski definition) is 1. The third kappa shape index (κ3) is 3.82. The zero-order chi connectivity index (χ0) is 16.4. The van der Waals surface area contributed by atoms with Crippen LogP contribution in [-0.2, 0) is 17.0 Å². The number of nitrogens with one attached hydrogen (secondary N) is 1. The second-order valence-corrected chi connectivity index (χ2v) is 7.39. The van der Waals surface area contributed by atoms with Crippen LogP contribution in [0.4, 0.5) is 5.82 Å². The Kier molecular flexibility index (Phi) is 4.82. The van der Waals surface area contributed by atoms with Crippen molar-refractivity contribution in [2.24, 2.45) is 0 Å². The molecule has 0 atom stereocenters. The molecule has 0 spiro atoms. The lowest BCUT2D eigenvalue weighted by molar-refractivity contribution is -0.112. The van der Waals surface area contributed by atoms with Crippen LogP contribution in [0.1, 0.15) is 25.0 Å². The van der Waals surface area contributed by atoms with Gasteiger partial charge in [0.05, 0.1) is 0 Å². The molecule has 0 aliphatic carbocycles. The summed E-state index contributed by atoms with van der Waals surface area (Å²) in [4.78, 5) is 12.0. The number of thioether (sulfide) groups is 1. The number of nitrogens with zero attached hydrogens (tertiary/aromatic N) is 2. The maximum Gasteiger partial charge on any atom is 0.252 e. The van der Waals surface area contributed by atoms with Crippen molar-refractivity contribution in [2.45, 2.75) is 31.0 Å². The molecule has 2 bridgehead atoms. The van der Waals surface area contributed by atoms with Gasteiger partial charge in [-0.15, -0.1) is 10.2 Å². The molecule has 0 saturated heterocycles. The Balaban J connectivity index is 1.82. The number of hydrogen-bond acceptors (Lipinski definition) is 4. The van der Waals surface area contributed by atoms with E-state index in [1.165, 1.54) is 5.56 Å². The third-order valence-corrected chi connectivity index (χ3v) is 5.42. The summed E-state index contributed by atoms with van der Waals surface area (Å²) < 4.78 is 1.07. The van der Waals surface area contributed by atoms with Crippen LogP contribution in [0, 0.1) is 0 Å². The molecule has 0 unspecified atom stereocenters. The zero-order valence-electron chi connectivity index (χ0n) is 12.9. The summed E-state index contributed by atoms with van der Waals surface area (Å²) in [6.45, 7) is 3.84. The minimum atomic E-state index is -0.0993. The van der Waals surface area contributed by atoms with E-state index in [1.54, 1.807) is 11.8 Å². The number of fused-ring (bicyclic) bond motifs is 2. The van der Waals surface area contributed by atoms with Gasteiger partial charge < -0.3 is 5.32 Å². The minimum Gasteiger partial charge on any atom is -0.305 e. The van der Waals surface area contributed by atoms with Gasteiger partial charge >= 0.3 is 0 Å². The molecule has 2 heterocycles. The van der Waals surface area contributed by atoms with E-state index in [1.807, 2.05) is 32.0 Å². The Morgan fingerprint density at radius 2 is 1.96 bits per heavy atom. The fraction of sp³-hybridized carbons (Fsp3) is 0.235. The molecule has 0 radical (unpaired) electrons. The SMILES string of the molecule is C/C1=C(\C)C(=O)Nc2cc(c(SCc3ccc(Br)cc3)nn2)C1. The Hall–Kier alpha value is -1.66. The molecule has 1 aliphatic rings. The largest absolute Gasteiger partial charge is 0.305 e. The number of anilines is 1. The van der Waals surface area contributed by atoms with Crippen LogP contribution in [-0.4, -0.2) is 16.1 Å². The number of allylic oxidation sites excluding steroid dienone is 1. The summed E-state index contributed by atoms with van der Waals surface area (Å²) in [6.07, 6.45) is 0.727. The lowest BCUT2D eigenvalue weighted by Gasteiger charge is -2.16. The highest BCUT2D eigenvalue weighted by molar-refractivity contribution is 9.10. The van der Waals surface area contributed by atoms with E-state index in [9.17, 15) is 4.79 Å².